The Labute approximate surface area is 134 Å². The van der Waals surface area contributed by atoms with E-state index in [4.69, 9.17) is 4.74 Å². The van der Waals surface area contributed by atoms with E-state index in [2.05, 4.69) is 55.5 Å². The molecule has 0 aliphatic heterocycles. The molecule has 22 heavy (non-hydrogen) atoms. The Kier molecular flexibility index (Phi) is 5.69. The van der Waals surface area contributed by atoms with Crippen LogP contribution in [0.4, 0.5) is 0 Å². The molecule has 1 aromatic rings. The molecule has 0 spiro atoms. The Bertz CT molecular complexity index is 496. The minimum absolute atomic E-state index is 0.208. The van der Waals surface area contributed by atoms with Gasteiger partial charge in [-0.3, -0.25) is 4.99 Å². The van der Waals surface area contributed by atoms with Gasteiger partial charge in [0, 0.05) is 13.1 Å². The SMILES string of the molecule is CN=C(NC(C)c1ccc(OCC(C)C)cc1)NC1CC1C. The van der Waals surface area contributed by atoms with Crippen molar-refractivity contribution in [2.45, 2.75) is 46.2 Å². The molecule has 122 valence electrons. The molecule has 3 atom stereocenters. The molecule has 0 heterocycles. The van der Waals surface area contributed by atoms with E-state index in [1.165, 1.54) is 12.0 Å². The largest absolute Gasteiger partial charge is 0.493 e. The summed E-state index contributed by atoms with van der Waals surface area (Å²) in [6.45, 7) is 9.46. The van der Waals surface area contributed by atoms with Crippen LogP contribution < -0.4 is 15.4 Å². The van der Waals surface area contributed by atoms with Crippen molar-refractivity contribution in [3.63, 3.8) is 0 Å². The lowest BCUT2D eigenvalue weighted by Gasteiger charge is -2.19. The van der Waals surface area contributed by atoms with Crippen molar-refractivity contribution in [1.29, 1.82) is 0 Å². The zero-order chi connectivity index (χ0) is 16.1. The van der Waals surface area contributed by atoms with Crippen LogP contribution in [0.15, 0.2) is 29.3 Å². The third-order valence-electron chi connectivity index (χ3n) is 3.97. The second-order valence-corrected chi connectivity index (χ2v) is 6.68. The third-order valence-corrected chi connectivity index (χ3v) is 3.97. The first-order valence-corrected chi connectivity index (χ1v) is 8.22. The number of benzene rings is 1. The third kappa shape index (κ3) is 4.93. The van der Waals surface area contributed by atoms with Gasteiger partial charge in [-0.2, -0.15) is 0 Å². The average molecular weight is 303 g/mol. The van der Waals surface area contributed by atoms with Crippen molar-refractivity contribution in [3.05, 3.63) is 29.8 Å². The van der Waals surface area contributed by atoms with Crippen LogP contribution >= 0.6 is 0 Å². The molecule has 1 aliphatic rings. The van der Waals surface area contributed by atoms with Crippen molar-refractivity contribution < 1.29 is 4.74 Å². The van der Waals surface area contributed by atoms with Gasteiger partial charge >= 0.3 is 0 Å². The molecule has 0 amide bonds. The molecule has 1 fully saturated rings. The molecule has 0 aromatic heterocycles. The number of aliphatic imine (C=N–C) groups is 1. The maximum atomic E-state index is 5.72. The molecule has 0 saturated heterocycles. The van der Waals surface area contributed by atoms with Crippen LogP contribution in [0, 0.1) is 11.8 Å². The van der Waals surface area contributed by atoms with E-state index >= 15 is 0 Å². The highest BCUT2D eigenvalue weighted by molar-refractivity contribution is 5.80. The van der Waals surface area contributed by atoms with E-state index in [1.54, 1.807) is 0 Å². The van der Waals surface area contributed by atoms with Gasteiger partial charge in [-0.25, -0.2) is 0 Å². The Morgan fingerprint density at radius 1 is 1.27 bits per heavy atom. The van der Waals surface area contributed by atoms with Crippen molar-refractivity contribution in [2.24, 2.45) is 16.8 Å². The van der Waals surface area contributed by atoms with Gasteiger partial charge in [0.15, 0.2) is 5.96 Å². The highest BCUT2D eigenvalue weighted by Gasteiger charge is 2.33. The number of guanidine groups is 1. The summed E-state index contributed by atoms with van der Waals surface area (Å²) in [7, 11) is 1.82. The van der Waals surface area contributed by atoms with Crippen molar-refractivity contribution >= 4 is 5.96 Å². The molecule has 2 N–H and O–H groups in total. The Balaban J connectivity index is 1.87. The first kappa shape index (κ1) is 16.7. The summed E-state index contributed by atoms with van der Waals surface area (Å²) >= 11 is 0. The van der Waals surface area contributed by atoms with Crippen molar-refractivity contribution in [1.82, 2.24) is 10.6 Å². The van der Waals surface area contributed by atoms with Crippen molar-refractivity contribution in [3.8, 4) is 5.75 Å². The fraction of sp³-hybridized carbons (Fsp3) is 0.611. The fourth-order valence-electron chi connectivity index (χ4n) is 2.27. The molecule has 1 saturated carbocycles. The summed E-state index contributed by atoms with van der Waals surface area (Å²) in [5, 5.41) is 6.89. The zero-order valence-electron chi connectivity index (χ0n) is 14.4. The maximum Gasteiger partial charge on any atom is 0.191 e. The highest BCUT2D eigenvalue weighted by Crippen LogP contribution is 2.29. The molecule has 4 nitrogen and oxygen atoms in total. The van der Waals surface area contributed by atoms with Crippen LogP contribution in [0.3, 0.4) is 0 Å². The molecule has 2 rings (SSSR count). The lowest BCUT2D eigenvalue weighted by molar-refractivity contribution is 0.271. The van der Waals surface area contributed by atoms with E-state index < -0.39 is 0 Å². The highest BCUT2D eigenvalue weighted by atomic mass is 16.5. The molecule has 4 heteroatoms. The summed E-state index contributed by atoms with van der Waals surface area (Å²) in [5.74, 6) is 3.10. The van der Waals surface area contributed by atoms with Crippen LogP contribution in [0.5, 0.6) is 5.75 Å². The van der Waals surface area contributed by atoms with Crippen LogP contribution in [0.1, 0.15) is 45.7 Å². The van der Waals surface area contributed by atoms with Gasteiger partial charge in [0.1, 0.15) is 5.75 Å². The zero-order valence-corrected chi connectivity index (χ0v) is 14.4. The lowest BCUT2D eigenvalue weighted by atomic mass is 10.1. The number of nitrogens with zero attached hydrogens (tertiary/aromatic N) is 1. The summed E-state index contributed by atoms with van der Waals surface area (Å²) < 4.78 is 5.72. The van der Waals surface area contributed by atoms with Crippen LogP contribution in [0.2, 0.25) is 0 Å². The summed E-state index contributed by atoms with van der Waals surface area (Å²) in [4.78, 5) is 4.30. The van der Waals surface area contributed by atoms with Gasteiger partial charge in [0.2, 0.25) is 0 Å². The lowest BCUT2D eigenvalue weighted by Crippen LogP contribution is -2.40. The monoisotopic (exact) mass is 303 g/mol. The standard InChI is InChI=1S/C18H29N3O/c1-12(2)11-22-16-8-6-15(7-9-16)14(4)20-18(19-5)21-17-10-13(17)3/h6-9,12-14,17H,10-11H2,1-5H3,(H2,19,20,21). The number of rotatable bonds is 6. The Hall–Kier alpha value is -1.71. The summed E-state index contributed by atoms with van der Waals surface area (Å²) in [5.41, 5.74) is 1.23. The van der Waals surface area contributed by atoms with E-state index in [9.17, 15) is 0 Å². The van der Waals surface area contributed by atoms with Crippen LogP contribution in [-0.4, -0.2) is 25.7 Å². The Morgan fingerprint density at radius 2 is 1.91 bits per heavy atom. The van der Waals surface area contributed by atoms with Crippen LogP contribution in [0.25, 0.3) is 0 Å². The van der Waals surface area contributed by atoms with E-state index in [0.29, 0.717) is 12.0 Å². The molecular formula is C18H29N3O. The summed E-state index contributed by atoms with van der Waals surface area (Å²) in [6.07, 6.45) is 1.23. The van der Waals surface area contributed by atoms with Gasteiger partial charge in [0.25, 0.3) is 0 Å². The maximum absolute atomic E-state index is 5.72. The minimum Gasteiger partial charge on any atom is -0.493 e. The molecule has 3 unspecified atom stereocenters. The normalized spacial score (nSPS) is 22.4. The molecule has 0 radical (unpaired) electrons. The quantitative estimate of drug-likeness (QED) is 0.626. The predicted octanol–water partition coefficient (Wildman–Crippen LogP) is 3.36. The number of hydrogen-bond acceptors (Lipinski definition) is 2. The number of ether oxygens (including phenoxy) is 1. The van der Waals surface area contributed by atoms with Crippen molar-refractivity contribution in [2.75, 3.05) is 13.7 Å². The second-order valence-electron chi connectivity index (χ2n) is 6.68. The Morgan fingerprint density at radius 3 is 2.41 bits per heavy atom. The molecule has 1 aromatic carbocycles. The van der Waals surface area contributed by atoms with E-state index in [0.717, 1.165) is 24.2 Å². The van der Waals surface area contributed by atoms with E-state index in [1.807, 2.05) is 19.2 Å². The van der Waals surface area contributed by atoms with Gasteiger partial charge in [0.05, 0.1) is 12.6 Å². The van der Waals surface area contributed by atoms with Gasteiger partial charge in [-0.15, -0.1) is 0 Å². The first-order chi connectivity index (χ1) is 10.5. The van der Waals surface area contributed by atoms with Gasteiger partial charge in [-0.05, 0) is 42.9 Å². The van der Waals surface area contributed by atoms with E-state index in [-0.39, 0.29) is 6.04 Å². The second kappa shape index (κ2) is 7.52. The van der Waals surface area contributed by atoms with Crippen LogP contribution in [-0.2, 0) is 0 Å². The molecule has 1 aliphatic carbocycles. The number of nitrogens with one attached hydrogen (secondary N) is 2. The average Bonchev–Trinajstić information content (AvgIpc) is 3.19. The first-order valence-electron chi connectivity index (χ1n) is 8.22. The van der Waals surface area contributed by atoms with Gasteiger partial charge in [-0.1, -0.05) is 32.9 Å². The molecule has 0 bridgehead atoms. The summed E-state index contributed by atoms with van der Waals surface area (Å²) in [6, 6.07) is 9.08. The minimum atomic E-state index is 0.208. The molecular weight excluding hydrogens is 274 g/mol. The predicted molar refractivity (Wildman–Crippen MR) is 92.4 cm³/mol. The fourth-order valence-corrected chi connectivity index (χ4v) is 2.27. The smallest absolute Gasteiger partial charge is 0.191 e. The topological polar surface area (TPSA) is 45.7 Å². The van der Waals surface area contributed by atoms with Gasteiger partial charge < -0.3 is 15.4 Å². The number of hydrogen-bond donors (Lipinski definition) is 2.